The third-order valence-electron chi connectivity index (χ3n) is 13.4. The molecule has 3 saturated heterocycles. The number of amides is 4. The third-order valence-corrected chi connectivity index (χ3v) is 13.4. The average molecular weight is 831 g/mol. The van der Waals surface area contributed by atoms with E-state index in [0.717, 1.165) is 87.9 Å². The monoisotopic (exact) mass is 830 g/mol. The summed E-state index contributed by atoms with van der Waals surface area (Å²) in [4.78, 5) is 73.3. The first-order valence-electron chi connectivity index (χ1n) is 21.6. The molecule has 4 N–H and O–H groups in total. The molecule has 4 aliphatic rings. The fourth-order valence-corrected chi connectivity index (χ4v) is 10.3. The first-order valence-corrected chi connectivity index (χ1v) is 21.6. The number of piperidine rings is 1. The minimum Gasteiger partial charge on any atom is -0.453 e. The van der Waals surface area contributed by atoms with E-state index in [1.807, 2.05) is 35.9 Å². The molecule has 9 rings (SSSR count). The van der Waals surface area contributed by atoms with Crippen LogP contribution in [0.25, 0.3) is 44.2 Å². The Morgan fingerprint density at radius 3 is 2.31 bits per heavy atom. The number of imidazole rings is 2. The number of aromatic nitrogens is 4. The molecule has 4 amide bonds. The lowest BCUT2D eigenvalue weighted by molar-refractivity contribution is -0.139. The van der Waals surface area contributed by atoms with Crippen LogP contribution in [0.4, 0.5) is 9.59 Å². The molecular weight excluding hydrogens is 777 g/mol. The number of aromatic amines is 2. The van der Waals surface area contributed by atoms with Crippen LogP contribution in [0.3, 0.4) is 0 Å². The minimum atomic E-state index is -0.691. The van der Waals surface area contributed by atoms with Gasteiger partial charge >= 0.3 is 12.2 Å². The predicted octanol–water partition coefficient (Wildman–Crippen LogP) is 7.02. The van der Waals surface area contributed by atoms with Gasteiger partial charge in [0.1, 0.15) is 23.7 Å². The average Bonchev–Trinajstić information content (AvgIpc) is 4.15. The summed E-state index contributed by atoms with van der Waals surface area (Å²) in [5, 5.41) is 7.70. The number of hydrogen-bond acceptors (Lipinski definition) is 9. The van der Waals surface area contributed by atoms with Crippen molar-refractivity contribution in [1.82, 2.24) is 40.4 Å². The summed E-state index contributed by atoms with van der Waals surface area (Å²) in [5.41, 5.74) is 5.77. The Balaban J connectivity index is 0.920. The van der Waals surface area contributed by atoms with Crippen molar-refractivity contribution in [1.29, 1.82) is 0 Å². The quantitative estimate of drug-likeness (QED) is 0.115. The predicted molar refractivity (Wildman–Crippen MR) is 228 cm³/mol. The molecule has 0 spiro atoms. The third kappa shape index (κ3) is 7.68. The van der Waals surface area contributed by atoms with Crippen molar-refractivity contribution in [2.45, 2.75) is 89.0 Å². The maximum atomic E-state index is 14.1. The van der Waals surface area contributed by atoms with E-state index < -0.39 is 24.3 Å². The van der Waals surface area contributed by atoms with Crippen LogP contribution in [-0.4, -0.2) is 106 Å². The van der Waals surface area contributed by atoms with Gasteiger partial charge in [-0.25, -0.2) is 19.6 Å². The topological polar surface area (TPSA) is 184 Å². The van der Waals surface area contributed by atoms with Crippen molar-refractivity contribution < 1.29 is 33.4 Å². The van der Waals surface area contributed by atoms with Gasteiger partial charge in [-0.3, -0.25) is 9.59 Å². The Morgan fingerprint density at radius 1 is 0.820 bits per heavy atom. The van der Waals surface area contributed by atoms with E-state index in [1.165, 1.54) is 14.2 Å². The number of benzene rings is 3. The van der Waals surface area contributed by atoms with Crippen LogP contribution in [0.5, 0.6) is 0 Å². The van der Waals surface area contributed by atoms with E-state index in [2.05, 4.69) is 69.1 Å². The van der Waals surface area contributed by atoms with Crippen LogP contribution in [0.2, 0.25) is 0 Å². The second-order valence-electron chi connectivity index (χ2n) is 17.3. The first-order chi connectivity index (χ1) is 29.6. The standard InChI is InChI=1S/C46H54N8O7/c1-25(2)37(51-45(57)59-3)44(56)54-32-14-11-31(23-32)40(54)42-47-24-35(49-42)27-9-7-26(8-10-27)29-12-15-33-30(22-29)13-16-34-39(33)50-41(48-34)36-6-5-19-53(36)43(55)38(52-46(58)60-4)28-17-20-61-21-18-28/h7-10,12-13,15-16,22,24-25,28,31-32,36-38,40H,5-6,11,14,17-21,23H2,1-4H3,(H,47,49)(H,48,50)(H,51,57)(H,52,58)/t31-,32+,36-,37-,38-,40-/m0/s1. The molecule has 15 nitrogen and oxygen atoms in total. The second kappa shape index (κ2) is 16.8. The number of likely N-dealkylation sites (tertiary alicyclic amines) is 2. The van der Waals surface area contributed by atoms with Crippen LogP contribution in [0.15, 0.2) is 60.8 Å². The molecule has 4 fully saturated rings. The number of H-pyrrole nitrogens is 2. The van der Waals surface area contributed by atoms with E-state index in [4.69, 9.17) is 24.2 Å². The molecule has 5 aromatic rings. The second-order valence-corrected chi connectivity index (χ2v) is 17.3. The Hall–Kier alpha value is -5.96. The molecule has 3 aromatic carbocycles. The first kappa shape index (κ1) is 40.4. The molecule has 320 valence electrons. The van der Waals surface area contributed by atoms with Crippen molar-refractivity contribution in [3.63, 3.8) is 0 Å². The molecule has 2 aromatic heterocycles. The number of methoxy groups -OCH3 is 2. The van der Waals surface area contributed by atoms with Gasteiger partial charge in [-0.2, -0.15) is 0 Å². The molecule has 1 aliphatic carbocycles. The maximum Gasteiger partial charge on any atom is 0.407 e. The van der Waals surface area contributed by atoms with Crippen molar-refractivity contribution in [3.8, 4) is 22.4 Å². The van der Waals surface area contributed by atoms with E-state index >= 15 is 0 Å². The van der Waals surface area contributed by atoms with Gasteiger partial charge < -0.3 is 44.6 Å². The smallest absolute Gasteiger partial charge is 0.407 e. The summed E-state index contributed by atoms with van der Waals surface area (Å²) in [7, 11) is 2.62. The molecular formula is C46H54N8O7. The number of rotatable bonds is 10. The Morgan fingerprint density at radius 2 is 1.56 bits per heavy atom. The van der Waals surface area contributed by atoms with Gasteiger partial charge in [-0.1, -0.05) is 56.3 Å². The molecule has 15 heteroatoms. The highest BCUT2D eigenvalue weighted by atomic mass is 16.5. The SMILES string of the molecule is COC(=O)N[C@H](C(=O)N1[C@@H]2CC[C@@H](C2)[C@H]1c1ncc(-c2ccc(-c3ccc4c(ccc5nc([C@@H]6CCCN6C(=O)[C@@H](NC(=O)OC)C6CCOCC6)[nH]c54)c3)cc2)[nH]1)C(C)C. The van der Waals surface area contributed by atoms with Crippen LogP contribution in [-0.2, 0) is 23.8 Å². The number of carbonyl (C=O) groups is 4. The number of nitrogens with zero attached hydrogens (tertiary/aromatic N) is 4. The normalized spacial score (nSPS) is 22.5. The number of ether oxygens (including phenoxy) is 3. The van der Waals surface area contributed by atoms with Crippen molar-refractivity contribution in [2.24, 2.45) is 17.8 Å². The minimum absolute atomic E-state index is 0.0329. The lowest BCUT2D eigenvalue weighted by Gasteiger charge is -2.37. The fourth-order valence-electron chi connectivity index (χ4n) is 10.3. The maximum absolute atomic E-state index is 14.1. The van der Waals surface area contributed by atoms with Gasteiger partial charge in [0.2, 0.25) is 11.8 Å². The number of nitrogens with one attached hydrogen (secondary N) is 4. The van der Waals surface area contributed by atoms with Crippen LogP contribution < -0.4 is 10.6 Å². The summed E-state index contributed by atoms with van der Waals surface area (Å²) in [5.74, 6) is 1.48. The number of fused-ring (bicyclic) bond motifs is 5. The Labute approximate surface area is 354 Å². The highest BCUT2D eigenvalue weighted by Crippen LogP contribution is 2.50. The summed E-state index contributed by atoms with van der Waals surface area (Å²) in [6, 6.07) is 17.2. The summed E-state index contributed by atoms with van der Waals surface area (Å²) in [6.45, 7) is 5.56. The molecule has 5 heterocycles. The van der Waals surface area contributed by atoms with Crippen molar-refractivity contribution >= 4 is 45.8 Å². The molecule has 6 atom stereocenters. The lowest BCUT2D eigenvalue weighted by Crippen LogP contribution is -2.54. The Bertz CT molecular complexity index is 2440. The van der Waals surface area contributed by atoms with Crippen LogP contribution >= 0.6 is 0 Å². The van der Waals surface area contributed by atoms with E-state index in [0.29, 0.717) is 38.5 Å². The zero-order valence-corrected chi connectivity index (χ0v) is 35.1. The highest BCUT2D eigenvalue weighted by Gasteiger charge is 2.51. The fraction of sp³-hybridized carbons (Fsp3) is 0.478. The molecule has 1 saturated carbocycles. The summed E-state index contributed by atoms with van der Waals surface area (Å²) >= 11 is 0. The number of carbonyl (C=O) groups excluding carboxylic acids is 4. The molecule has 61 heavy (non-hydrogen) atoms. The van der Waals surface area contributed by atoms with Crippen LogP contribution in [0, 0.1) is 17.8 Å². The molecule has 0 unspecified atom stereocenters. The van der Waals surface area contributed by atoms with Gasteiger partial charge in [-0.15, -0.1) is 0 Å². The summed E-state index contributed by atoms with van der Waals surface area (Å²) < 4.78 is 15.3. The van der Waals surface area contributed by atoms with Gasteiger partial charge in [-0.05, 0) is 96.9 Å². The zero-order chi connectivity index (χ0) is 42.4. The van der Waals surface area contributed by atoms with Gasteiger partial charge in [0.15, 0.2) is 0 Å². The number of alkyl carbamates (subject to hydrolysis) is 2. The molecule has 3 aliphatic heterocycles. The van der Waals surface area contributed by atoms with E-state index in [1.54, 1.807) is 0 Å². The largest absolute Gasteiger partial charge is 0.453 e. The van der Waals surface area contributed by atoms with Gasteiger partial charge in [0.25, 0.3) is 0 Å². The van der Waals surface area contributed by atoms with E-state index in [-0.39, 0.29) is 41.8 Å². The number of hydrogen-bond donors (Lipinski definition) is 4. The van der Waals surface area contributed by atoms with Crippen molar-refractivity contribution in [3.05, 3.63) is 72.4 Å². The molecule has 2 bridgehead atoms. The molecule has 0 radical (unpaired) electrons. The van der Waals surface area contributed by atoms with Crippen molar-refractivity contribution in [2.75, 3.05) is 34.0 Å². The van der Waals surface area contributed by atoms with Gasteiger partial charge in [0, 0.05) is 31.2 Å². The summed E-state index contributed by atoms with van der Waals surface area (Å²) in [6.07, 6.45) is 6.53. The highest BCUT2D eigenvalue weighted by molar-refractivity contribution is 6.05. The zero-order valence-electron chi connectivity index (χ0n) is 35.1. The van der Waals surface area contributed by atoms with E-state index in [9.17, 15) is 19.2 Å². The lowest BCUT2D eigenvalue weighted by atomic mass is 9.90. The Kier molecular flexibility index (Phi) is 11.2. The van der Waals surface area contributed by atoms with Gasteiger partial charge in [0.05, 0.1) is 49.2 Å². The van der Waals surface area contributed by atoms with Crippen LogP contribution in [0.1, 0.15) is 82.5 Å².